The smallest absolute Gasteiger partial charge is 0.384 e. The number of unbranched alkanes of at least 4 members (excludes halogenated alkanes) is 11. The van der Waals surface area contributed by atoms with Gasteiger partial charge in [0.1, 0.15) is 6.10 Å². The van der Waals surface area contributed by atoms with E-state index in [2.05, 4.69) is 16.0 Å². The highest BCUT2D eigenvalue weighted by Gasteiger charge is 2.80. The van der Waals surface area contributed by atoms with Crippen molar-refractivity contribution in [2.24, 2.45) is 5.73 Å². The zero-order valence-electron chi connectivity index (χ0n) is 15.8. The molecule has 152 valence electrons. The van der Waals surface area contributed by atoms with E-state index in [9.17, 15) is 14.8 Å². The molecule has 0 aromatic rings. The van der Waals surface area contributed by atoms with Crippen LogP contribution in [0.1, 0.15) is 84.0 Å². The van der Waals surface area contributed by atoms with Crippen LogP contribution in [0.4, 0.5) is 0 Å². The summed E-state index contributed by atoms with van der Waals surface area (Å²) in [5, 5.41) is 19.9. The first kappa shape index (κ1) is 22.0. The van der Waals surface area contributed by atoms with Gasteiger partial charge in [-0.05, 0) is 12.8 Å². The summed E-state index contributed by atoms with van der Waals surface area (Å²) in [5.41, 5.74) is 3.70. The highest BCUT2D eigenvalue weighted by molar-refractivity contribution is 7.50. The van der Waals surface area contributed by atoms with Gasteiger partial charge in [-0.3, -0.25) is 10.3 Å². The first-order valence-electron chi connectivity index (χ1n) is 9.93. The van der Waals surface area contributed by atoms with Crippen LogP contribution < -0.4 is 5.73 Å². The Kier molecular flexibility index (Phi) is 8.29. The fourth-order valence-corrected chi connectivity index (χ4v) is 4.84. The summed E-state index contributed by atoms with van der Waals surface area (Å²) in [5.74, 6) is -2.34. The van der Waals surface area contributed by atoms with Gasteiger partial charge in [0.25, 0.3) is 0 Å². The third kappa shape index (κ3) is 5.38. The van der Waals surface area contributed by atoms with Crippen LogP contribution in [0.3, 0.4) is 0 Å². The zero-order chi connectivity index (χ0) is 19.1. The number of aliphatic hydroxyl groups excluding tert-OH is 1. The van der Waals surface area contributed by atoms with Crippen LogP contribution in [0.2, 0.25) is 0 Å². The van der Waals surface area contributed by atoms with Crippen molar-refractivity contribution < 1.29 is 28.3 Å². The van der Waals surface area contributed by atoms with E-state index in [0.29, 0.717) is 0 Å². The Balaban J connectivity index is 1.48. The average Bonchev–Trinajstić information content (AvgIpc) is 2.90. The lowest BCUT2D eigenvalue weighted by Gasteiger charge is -2.35. The molecule has 0 aromatic heterocycles. The molecule has 8 heteroatoms. The van der Waals surface area contributed by atoms with Gasteiger partial charge in [-0.25, -0.2) is 13.6 Å². The van der Waals surface area contributed by atoms with Crippen molar-refractivity contribution >= 4 is 7.82 Å². The summed E-state index contributed by atoms with van der Waals surface area (Å²) < 4.78 is 25.7. The predicted molar refractivity (Wildman–Crippen MR) is 99.0 cm³/mol. The van der Waals surface area contributed by atoms with Gasteiger partial charge in [-0.15, -0.1) is 0 Å². The molecule has 3 rings (SSSR count). The van der Waals surface area contributed by atoms with E-state index in [1.807, 2.05) is 0 Å². The number of hydrogen-bond acceptors (Lipinski definition) is 7. The number of phosphoric ester groups is 1. The van der Waals surface area contributed by atoms with E-state index in [4.69, 9.17) is 10.3 Å². The van der Waals surface area contributed by atoms with Gasteiger partial charge >= 0.3 is 13.8 Å². The first-order valence-corrected chi connectivity index (χ1v) is 11.4. The standard InChI is InChI=1S/C18H34NO6P/c1-2-3-4-5-6-7-8-9-10-11-12-13-14-15-16(20)17(19)18(21)24-26(22,23-17)25-18/h14-16,20-21H,2-13,19H2,1H3/b15-14+. The van der Waals surface area contributed by atoms with E-state index < -0.39 is 25.6 Å². The number of aliphatic hydroxyl groups is 2. The quantitative estimate of drug-likeness (QED) is 0.232. The second-order valence-corrected chi connectivity index (χ2v) is 8.74. The molecule has 2 unspecified atom stereocenters. The minimum atomic E-state index is -3.78. The maximum atomic E-state index is 11.6. The number of phosphoric acid groups is 1. The average molecular weight is 391 g/mol. The summed E-state index contributed by atoms with van der Waals surface area (Å²) in [4.78, 5) is 0. The lowest BCUT2D eigenvalue weighted by atomic mass is 10.0. The van der Waals surface area contributed by atoms with Crippen molar-refractivity contribution in [3.05, 3.63) is 12.2 Å². The molecule has 3 heterocycles. The second kappa shape index (κ2) is 9.78. The summed E-state index contributed by atoms with van der Waals surface area (Å²) in [7, 11) is -3.78. The summed E-state index contributed by atoms with van der Waals surface area (Å²) in [6, 6.07) is 0. The number of fused-ring (bicyclic) bond motifs is 1. The van der Waals surface area contributed by atoms with Crippen molar-refractivity contribution in [1.29, 1.82) is 0 Å². The third-order valence-corrected chi connectivity index (χ3v) is 6.43. The Morgan fingerprint density at radius 2 is 1.46 bits per heavy atom. The molecular formula is C18H34NO6P. The van der Waals surface area contributed by atoms with Crippen molar-refractivity contribution in [1.82, 2.24) is 0 Å². The molecule has 3 aliphatic heterocycles. The molecule has 26 heavy (non-hydrogen) atoms. The Morgan fingerprint density at radius 3 is 1.92 bits per heavy atom. The molecule has 3 saturated heterocycles. The second-order valence-electron chi connectivity index (χ2n) is 7.29. The minimum Gasteiger partial charge on any atom is -0.384 e. The van der Waals surface area contributed by atoms with E-state index >= 15 is 0 Å². The molecule has 0 aromatic carbocycles. The molecule has 0 saturated carbocycles. The van der Waals surface area contributed by atoms with Crippen LogP contribution in [-0.2, 0) is 18.1 Å². The fraction of sp³-hybridized carbons (Fsp3) is 0.889. The largest absolute Gasteiger partial charge is 0.486 e. The van der Waals surface area contributed by atoms with Gasteiger partial charge in [0.05, 0.1) is 0 Å². The SMILES string of the molecule is CCCCCCCCCCCCC/C=C/C(O)C1(N)OP2(=O)OC1(O)O2. The van der Waals surface area contributed by atoms with Crippen molar-refractivity contribution in [2.45, 2.75) is 102 Å². The third-order valence-electron chi connectivity index (χ3n) is 4.96. The maximum absolute atomic E-state index is 11.6. The lowest BCUT2D eigenvalue weighted by Crippen LogP contribution is -2.65. The van der Waals surface area contributed by atoms with Crippen LogP contribution in [0.25, 0.3) is 0 Å². The molecule has 0 spiro atoms. The Morgan fingerprint density at radius 1 is 0.962 bits per heavy atom. The van der Waals surface area contributed by atoms with Crippen LogP contribution in [0.15, 0.2) is 12.2 Å². The zero-order valence-corrected chi connectivity index (χ0v) is 16.7. The number of nitrogens with two attached hydrogens (primary N) is 1. The van der Waals surface area contributed by atoms with E-state index in [1.165, 1.54) is 63.9 Å². The van der Waals surface area contributed by atoms with Crippen molar-refractivity contribution in [3.63, 3.8) is 0 Å². The molecule has 3 aliphatic rings. The Hall–Kier alpha value is -0.270. The summed E-state index contributed by atoms with van der Waals surface area (Å²) in [6.45, 7) is 2.24. The molecule has 3 fully saturated rings. The number of allylic oxidation sites excluding steroid dienone is 1. The monoisotopic (exact) mass is 391 g/mol. The van der Waals surface area contributed by atoms with Crippen LogP contribution in [0.5, 0.6) is 0 Å². The van der Waals surface area contributed by atoms with E-state index in [-0.39, 0.29) is 0 Å². The number of hydrogen-bond donors (Lipinski definition) is 3. The normalized spacial score (nSPS) is 34.3. The molecule has 4 N–H and O–H groups in total. The van der Waals surface area contributed by atoms with Gasteiger partial charge in [-0.2, -0.15) is 0 Å². The van der Waals surface area contributed by atoms with Gasteiger partial charge in [-0.1, -0.05) is 83.3 Å². The van der Waals surface area contributed by atoms with Crippen molar-refractivity contribution in [3.8, 4) is 0 Å². The van der Waals surface area contributed by atoms with Gasteiger partial charge in [0, 0.05) is 0 Å². The molecule has 0 radical (unpaired) electrons. The topological polar surface area (TPSA) is 111 Å². The Labute approximate surface area is 156 Å². The molecule has 0 amide bonds. The van der Waals surface area contributed by atoms with Crippen LogP contribution in [-0.4, -0.2) is 28.0 Å². The van der Waals surface area contributed by atoms with Gasteiger partial charge < -0.3 is 10.2 Å². The summed E-state index contributed by atoms with van der Waals surface area (Å²) in [6.07, 6.45) is 16.7. The summed E-state index contributed by atoms with van der Waals surface area (Å²) >= 11 is 0. The molecule has 0 aliphatic carbocycles. The fourth-order valence-electron chi connectivity index (χ4n) is 3.27. The first-order chi connectivity index (χ1) is 12.4. The van der Waals surface area contributed by atoms with E-state index in [0.717, 1.165) is 19.3 Å². The molecule has 7 nitrogen and oxygen atoms in total. The molecular weight excluding hydrogens is 357 g/mol. The highest BCUT2D eigenvalue weighted by Crippen LogP contribution is 2.76. The van der Waals surface area contributed by atoms with Gasteiger partial charge in [0.2, 0.25) is 5.72 Å². The van der Waals surface area contributed by atoms with Crippen LogP contribution in [0, 0.1) is 0 Å². The minimum absolute atomic E-state index is 0.794. The number of rotatable bonds is 14. The van der Waals surface area contributed by atoms with Crippen molar-refractivity contribution in [2.75, 3.05) is 0 Å². The molecule has 2 bridgehead atoms. The predicted octanol–water partition coefficient (Wildman–Crippen LogP) is 4.09. The van der Waals surface area contributed by atoms with Gasteiger partial charge in [0.15, 0.2) is 0 Å². The molecule has 2 atom stereocenters. The Bertz CT molecular complexity index is 504. The highest BCUT2D eigenvalue weighted by atomic mass is 31.2. The van der Waals surface area contributed by atoms with E-state index in [1.54, 1.807) is 6.08 Å². The van der Waals surface area contributed by atoms with Crippen LogP contribution >= 0.6 is 7.82 Å². The maximum Gasteiger partial charge on any atom is 0.486 e. The lowest BCUT2D eigenvalue weighted by molar-refractivity contribution is -0.357.